The first kappa shape index (κ1) is 15.0. The lowest BCUT2D eigenvalue weighted by Gasteiger charge is -2.32. The maximum Gasteiger partial charge on any atom is 0.239 e. The van der Waals surface area contributed by atoms with Gasteiger partial charge in [0.2, 0.25) is 5.91 Å². The van der Waals surface area contributed by atoms with Crippen LogP contribution in [-0.4, -0.2) is 17.5 Å². The lowest BCUT2D eigenvalue weighted by atomic mass is 9.82. The zero-order chi connectivity index (χ0) is 15.4. The summed E-state index contributed by atoms with van der Waals surface area (Å²) in [6.45, 7) is 0. The molecule has 5 heteroatoms. The first-order valence-electron chi connectivity index (χ1n) is 8.02. The number of hydrogen-bond donors (Lipinski definition) is 3. The van der Waals surface area contributed by atoms with Crippen LogP contribution in [0, 0.1) is 11.3 Å². The molecule has 3 rings (SSSR count). The molecule has 2 aliphatic rings. The minimum atomic E-state index is -0.665. The fraction of sp³-hybridized carbons (Fsp3) is 0.529. The highest BCUT2D eigenvalue weighted by molar-refractivity contribution is 5.83. The highest BCUT2D eigenvalue weighted by atomic mass is 16.2. The van der Waals surface area contributed by atoms with Crippen LogP contribution in [0.4, 0.5) is 0 Å². The largest absolute Gasteiger partial charge is 0.336 e. The Labute approximate surface area is 131 Å². The maximum atomic E-state index is 12.5. The van der Waals surface area contributed by atoms with Crippen LogP contribution in [0.5, 0.6) is 0 Å². The van der Waals surface area contributed by atoms with E-state index in [1.54, 1.807) is 0 Å². The van der Waals surface area contributed by atoms with Gasteiger partial charge >= 0.3 is 0 Å². The number of nitriles is 1. The van der Waals surface area contributed by atoms with E-state index in [-0.39, 0.29) is 18.0 Å². The molecule has 2 fully saturated rings. The Morgan fingerprint density at radius 3 is 2.59 bits per heavy atom. The predicted octanol–water partition coefficient (Wildman–Crippen LogP) is 1.94. The minimum Gasteiger partial charge on any atom is -0.336 e. The number of carbonyl (C=O) groups is 1. The lowest BCUT2D eigenvalue weighted by molar-refractivity contribution is -0.124. The second kappa shape index (κ2) is 6.47. The van der Waals surface area contributed by atoms with Gasteiger partial charge in [-0.15, -0.1) is 0 Å². The highest BCUT2D eigenvalue weighted by Crippen LogP contribution is 2.28. The number of benzene rings is 1. The Morgan fingerprint density at radius 2 is 1.91 bits per heavy atom. The van der Waals surface area contributed by atoms with Gasteiger partial charge in [0.15, 0.2) is 0 Å². The minimum absolute atomic E-state index is 0.0746. The van der Waals surface area contributed by atoms with Gasteiger partial charge in [0, 0.05) is 6.04 Å². The fourth-order valence-corrected chi connectivity index (χ4v) is 3.38. The van der Waals surface area contributed by atoms with Gasteiger partial charge in [0.1, 0.15) is 11.6 Å². The zero-order valence-electron chi connectivity index (χ0n) is 12.6. The molecule has 22 heavy (non-hydrogen) atoms. The van der Waals surface area contributed by atoms with Crippen LogP contribution in [-0.2, 0) is 4.79 Å². The van der Waals surface area contributed by atoms with E-state index in [1.165, 1.54) is 0 Å². The molecule has 1 aromatic carbocycles. The van der Waals surface area contributed by atoms with Gasteiger partial charge in [-0.3, -0.25) is 4.79 Å². The third kappa shape index (κ3) is 3.13. The molecule has 1 aliphatic carbocycles. The molecular weight excluding hydrogens is 276 g/mol. The molecule has 0 aromatic heterocycles. The summed E-state index contributed by atoms with van der Waals surface area (Å²) >= 11 is 0. The molecule has 1 saturated heterocycles. The predicted molar refractivity (Wildman–Crippen MR) is 83.4 cm³/mol. The van der Waals surface area contributed by atoms with Crippen molar-refractivity contribution in [2.45, 2.75) is 56.1 Å². The number of nitrogens with zero attached hydrogens (tertiary/aromatic N) is 1. The van der Waals surface area contributed by atoms with E-state index in [4.69, 9.17) is 0 Å². The molecule has 2 unspecified atom stereocenters. The topological polar surface area (TPSA) is 77.0 Å². The number of nitrogens with one attached hydrogen (secondary N) is 3. The monoisotopic (exact) mass is 298 g/mol. The van der Waals surface area contributed by atoms with Crippen LogP contribution >= 0.6 is 0 Å². The van der Waals surface area contributed by atoms with Gasteiger partial charge in [-0.25, -0.2) is 10.9 Å². The first-order chi connectivity index (χ1) is 10.7. The van der Waals surface area contributed by atoms with Crippen molar-refractivity contribution in [3.63, 3.8) is 0 Å². The average Bonchev–Trinajstić information content (AvgIpc) is 3.07. The maximum absolute atomic E-state index is 12.5. The molecular formula is C17H22N4O. The van der Waals surface area contributed by atoms with Gasteiger partial charge in [0.25, 0.3) is 0 Å². The molecule has 1 aliphatic heterocycles. The van der Waals surface area contributed by atoms with Crippen LogP contribution in [0.15, 0.2) is 30.3 Å². The Balaban J connectivity index is 1.61. The van der Waals surface area contributed by atoms with E-state index in [0.717, 1.165) is 37.7 Å². The smallest absolute Gasteiger partial charge is 0.239 e. The second-order valence-electron chi connectivity index (χ2n) is 6.28. The quantitative estimate of drug-likeness (QED) is 0.797. The molecule has 0 spiro atoms. The van der Waals surface area contributed by atoms with E-state index < -0.39 is 5.54 Å². The summed E-state index contributed by atoms with van der Waals surface area (Å²) in [7, 11) is 0. The van der Waals surface area contributed by atoms with Crippen LogP contribution in [0.25, 0.3) is 0 Å². The Kier molecular flexibility index (Phi) is 4.41. The van der Waals surface area contributed by atoms with Crippen molar-refractivity contribution in [1.29, 1.82) is 5.26 Å². The van der Waals surface area contributed by atoms with Gasteiger partial charge < -0.3 is 5.32 Å². The van der Waals surface area contributed by atoms with Gasteiger partial charge in [-0.1, -0.05) is 49.6 Å². The average molecular weight is 298 g/mol. The SMILES string of the molecule is N#CC1(NC(=O)C2CC(c3ccccc3)NN2)CCCCC1. The van der Waals surface area contributed by atoms with Crippen LogP contribution in [0.2, 0.25) is 0 Å². The lowest BCUT2D eigenvalue weighted by Crippen LogP contribution is -2.54. The second-order valence-corrected chi connectivity index (χ2v) is 6.28. The standard InChI is InChI=1S/C17H22N4O/c18-12-17(9-5-2-6-10-17)19-16(22)15-11-14(20-21-15)13-7-3-1-4-8-13/h1,3-4,7-8,14-15,20-21H,2,5-6,9-11H2,(H,19,22). The van der Waals surface area contributed by atoms with Crippen molar-refractivity contribution in [2.75, 3.05) is 0 Å². The van der Waals surface area contributed by atoms with Crippen molar-refractivity contribution >= 4 is 5.91 Å². The molecule has 1 amide bonds. The number of hydrogen-bond acceptors (Lipinski definition) is 4. The van der Waals surface area contributed by atoms with E-state index in [2.05, 4.69) is 34.4 Å². The zero-order valence-corrected chi connectivity index (χ0v) is 12.6. The highest BCUT2D eigenvalue weighted by Gasteiger charge is 2.37. The third-order valence-electron chi connectivity index (χ3n) is 4.71. The molecule has 2 atom stereocenters. The summed E-state index contributed by atoms with van der Waals surface area (Å²) in [5, 5.41) is 12.5. The molecule has 0 radical (unpaired) electrons. The number of hydrazine groups is 1. The Bertz CT molecular complexity index is 560. The van der Waals surface area contributed by atoms with E-state index in [9.17, 15) is 10.1 Å². The van der Waals surface area contributed by atoms with Gasteiger partial charge in [-0.2, -0.15) is 5.26 Å². The van der Waals surface area contributed by atoms with Crippen molar-refractivity contribution in [1.82, 2.24) is 16.2 Å². The van der Waals surface area contributed by atoms with Gasteiger partial charge in [-0.05, 0) is 24.8 Å². The molecule has 116 valence electrons. The summed E-state index contributed by atoms with van der Waals surface area (Å²) in [4.78, 5) is 12.5. The fourth-order valence-electron chi connectivity index (χ4n) is 3.38. The third-order valence-corrected chi connectivity index (χ3v) is 4.71. The van der Waals surface area contributed by atoms with Crippen molar-refractivity contribution < 1.29 is 4.79 Å². The summed E-state index contributed by atoms with van der Waals surface area (Å²) in [5.74, 6) is -0.0746. The molecule has 0 bridgehead atoms. The molecule has 1 aromatic rings. The first-order valence-corrected chi connectivity index (χ1v) is 8.02. The van der Waals surface area contributed by atoms with E-state index in [1.807, 2.05) is 18.2 Å². The van der Waals surface area contributed by atoms with Crippen LogP contribution in [0.1, 0.15) is 50.1 Å². The Morgan fingerprint density at radius 1 is 1.18 bits per heavy atom. The van der Waals surface area contributed by atoms with Gasteiger partial charge in [0.05, 0.1) is 6.07 Å². The molecule has 5 nitrogen and oxygen atoms in total. The number of amides is 1. The normalized spacial score (nSPS) is 27.0. The number of carbonyl (C=O) groups excluding carboxylic acids is 1. The molecule has 1 heterocycles. The van der Waals surface area contributed by atoms with E-state index in [0.29, 0.717) is 6.42 Å². The summed E-state index contributed by atoms with van der Waals surface area (Å²) in [5.41, 5.74) is 6.74. The van der Waals surface area contributed by atoms with Crippen molar-refractivity contribution in [3.05, 3.63) is 35.9 Å². The molecule has 3 N–H and O–H groups in total. The van der Waals surface area contributed by atoms with E-state index >= 15 is 0 Å². The van der Waals surface area contributed by atoms with Crippen molar-refractivity contribution in [3.8, 4) is 6.07 Å². The summed E-state index contributed by atoms with van der Waals surface area (Å²) < 4.78 is 0. The Hall–Kier alpha value is -1.90. The van der Waals surface area contributed by atoms with Crippen LogP contribution < -0.4 is 16.2 Å². The summed E-state index contributed by atoms with van der Waals surface area (Å²) in [6.07, 6.45) is 5.39. The van der Waals surface area contributed by atoms with Crippen LogP contribution in [0.3, 0.4) is 0 Å². The van der Waals surface area contributed by atoms with Crippen molar-refractivity contribution in [2.24, 2.45) is 0 Å². The number of rotatable bonds is 3. The summed E-state index contributed by atoms with van der Waals surface area (Å²) in [6, 6.07) is 12.2. The molecule has 1 saturated carbocycles.